The fourth-order valence-corrected chi connectivity index (χ4v) is 8.35. The van der Waals surface area contributed by atoms with Gasteiger partial charge in [-0.3, -0.25) is 14.4 Å². The minimum absolute atomic E-state index is 0.0974. The Hall–Kier alpha value is -3.93. The summed E-state index contributed by atoms with van der Waals surface area (Å²) in [5.41, 5.74) is 0. The SMILES string of the molecule is CC/C=C\C/C=C\C/C=C\C/C=C\C/C=C\CCCCCC(=O)OCC(COC(=O)CCCCCCCCC/C=C\CCCCCCCCC)OC(=O)CCCCCCCC/C=C\C/C=C\C/C=C\CCCCC. The smallest absolute Gasteiger partial charge is 0.306 e. The molecule has 0 aliphatic carbocycles. The van der Waals surface area contributed by atoms with Crippen molar-refractivity contribution in [2.24, 2.45) is 0 Å². The molecule has 0 N–H and O–H groups in total. The van der Waals surface area contributed by atoms with Gasteiger partial charge in [-0.1, -0.05) is 246 Å². The Kier molecular flexibility index (Phi) is 58.3. The molecular formula is C68H114O6. The van der Waals surface area contributed by atoms with E-state index in [4.69, 9.17) is 14.2 Å². The second-order valence-corrected chi connectivity index (χ2v) is 20.2. The zero-order valence-corrected chi connectivity index (χ0v) is 48.3. The van der Waals surface area contributed by atoms with E-state index in [1.165, 1.54) is 122 Å². The highest BCUT2D eigenvalue weighted by atomic mass is 16.6. The number of ether oxygens (including phenoxy) is 3. The molecule has 0 saturated carbocycles. The summed E-state index contributed by atoms with van der Waals surface area (Å²) in [5, 5.41) is 0. The first-order valence-corrected chi connectivity index (χ1v) is 30.9. The minimum atomic E-state index is -0.804. The van der Waals surface area contributed by atoms with E-state index in [0.717, 1.165) is 122 Å². The molecular weight excluding hydrogens is 913 g/mol. The molecule has 6 heteroatoms. The Morgan fingerprint density at radius 2 is 0.527 bits per heavy atom. The summed E-state index contributed by atoms with van der Waals surface area (Å²) < 4.78 is 16.9. The molecule has 0 aliphatic heterocycles. The van der Waals surface area contributed by atoms with Crippen LogP contribution >= 0.6 is 0 Å². The summed E-state index contributed by atoms with van der Waals surface area (Å²) in [4.78, 5) is 38.3. The van der Waals surface area contributed by atoms with E-state index in [1.54, 1.807) is 0 Å². The van der Waals surface area contributed by atoms with Crippen molar-refractivity contribution in [2.45, 2.75) is 290 Å². The Balaban J connectivity index is 4.49. The second kappa shape index (κ2) is 61.6. The van der Waals surface area contributed by atoms with Gasteiger partial charge in [0.2, 0.25) is 0 Å². The van der Waals surface area contributed by atoms with E-state index >= 15 is 0 Å². The Morgan fingerprint density at radius 3 is 0.878 bits per heavy atom. The molecule has 0 saturated heterocycles. The first-order valence-electron chi connectivity index (χ1n) is 30.9. The fourth-order valence-electron chi connectivity index (χ4n) is 8.35. The zero-order chi connectivity index (χ0) is 53.6. The lowest BCUT2D eigenvalue weighted by Gasteiger charge is -2.18. The maximum absolute atomic E-state index is 12.9. The number of unbranched alkanes of at least 4 members (excludes halogenated alkanes) is 26. The highest BCUT2D eigenvalue weighted by molar-refractivity contribution is 5.71. The fraction of sp³-hybridized carbons (Fsp3) is 0.691. The van der Waals surface area contributed by atoms with Crippen LogP contribution in [0.3, 0.4) is 0 Å². The van der Waals surface area contributed by atoms with Crippen LogP contribution in [0.25, 0.3) is 0 Å². The number of hydrogen-bond donors (Lipinski definition) is 0. The summed E-state index contributed by atoms with van der Waals surface area (Å²) in [5.74, 6) is -0.942. The van der Waals surface area contributed by atoms with Crippen LogP contribution in [0.5, 0.6) is 0 Å². The third-order valence-electron chi connectivity index (χ3n) is 13.0. The maximum Gasteiger partial charge on any atom is 0.306 e. The number of rotatable bonds is 55. The Morgan fingerprint density at radius 1 is 0.284 bits per heavy atom. The summed E-state index contributed by atoms with van der Waals surface area (Å²) in [6.45, 7) is 6.47. The number of esters is 3. The van der Waals surface area contributed by atoms with Gasteiger partial charge in [-0.15, -0.1) is 0 Å². The van der Waals surface area contributed by atoms with Gasteiger partial charge in [0, 0.05) is 19.3 Å². The molecule has 0 spiro atoms. The van der Waals surface area contributed by atoms with Gasteiger partial charge in [-0.2, -0.15) is 0 Å². The molecule has 0 rings (SSSR count). The largest absolute Gasteiger partial charge is 0.462 e. The van der Waals surface area contributed by atoms with Gasteiger partial charge in [0.25, 0.3) is 0 Å². The summed E-state index contributed by atoms with van der Waals surface area (Å²) in [7, 11) is 0. The van der Waals surface area contributed by atoms with Crippen molar-refractivity contribution in [1.82, 2.24) is 0 Å². The maximum atomic E-state index is 12.9. The third kappa shape index (κ3) is 59.0. The molecule has 6 nitrogen and oxygen atoms in total. The highest BCUT2D eigenvalue weighted by Gasteiger charge is 2.19. The van der Waals surface area contributed by atoms with E-state index < -0.39 is 6.10 Å². The van der Waals surface area contributed by atoms with Crippen LogP contribution in [0.15, 0.2) is 109 Å². The predicted molar refractivity (Wildman–Crippen MR) is 320 cm³/mol. The molecule has 0 radical (unpaired) electrons. The second-order valence-electron chi connectivity index (χ2n) is 20.2. The van der Waals surface area contributed by atoms with E-state index in [1.807, 2.05) is 0 Å². The average Bonchev–Trinajstić information content (AvgIpc) is 3.40. The van der Waals surface area contributed by atoms with E-state index in [9.17, 15) is 14.4 Å². The third-order valence-corrected chi connectivity index (χ3v) is 13.0. The standard InChI is InChI=1S/C68H114O6/c1-4-7-10-13-16-19-22-25-28-31-34-37-40-43-46-49-52-55-58-61-67(70)73-64-65(63-72-66(69)60-57-54-51-48-45-42-39-36-33-30-27-24-21-18-15-12-9-6-3)74-68(71)62-59-56-53-50-47-44-41-38-35-32-29-26-23-20-17-14-11-8-5-2/h7,10,16-17,19-20,25-26,28-30,33-35,37-38,43,46,65H,4-6,8-9,11-15,18,21-24,27,31-32,36,39-42,44-45,47-64H2,1-3H3/b10-7-,19-16-,20-17-,28-25-,29-26-,33-30-,37-34-,38-35-,46-43-. The molecule has 422 valence electrons. The molecule has 0 amide bonds. The van der Waals surface area contributed by atoms with Crippen LogP contribution < -0.4 is 0 Å². The summed E-state index contributed by atoms with van der Waals surface area (Å²) in [6.07, 6.45) is 83.6. The zero-order valence-electron chi connectivity index (χ0n) is 48.3. The van der Waals surface area contributed by atoms with Crippen molar-refractivity contribution >= 4 is 17.9 Å². The van der Waals surface area contributed by atoms with Crippen molar-refractivity contribution < 1.29 is 28.6 Å². The van der Waals surface area contributed by atoms with E-state index in [-0.39, 0.29) is 31.1 Å². The van der Waals surface area contributed by atoms with Crippen molar-refractivity contribution in [3.63, 3.8) is 0 Å². The molecule has 1 unspecified atom stereocenters. The highest BCUT2D eigenvalue weighted by Crippen LogP contribution is 2.15. The summed E-state index contributed by atoms with van der Waals surface area (Å²) >= 11 is 0. The predicted octanol–water partition coefficient (Wildman–Crippen LogP) is 21.0. The lowest BCUT2D eigenvalue weighted by atomic mass is 10.1. The lowest BCUT2D eigenvalue weighted by Crippen LogP contribution is -2.30. The first-order chi connectivity index (χ1) is 36.5. The van der Waals surface area contributed by atoms with Crippen LogP contribution in [-0.2, 0) is 28.6 Å². The average molecular weight is 1030 g/mol. The molecule has 0 fully saturated rings. The molecule has 0 aliphatic rings. The minimum Gasteiger partial charge on any atom is -0.462 e. The van der Waals surface area contributed by atoms with Crippen LogP contribution in [0.1, 0.15) is 284 Å². The van der Waals surface area contributed by atoms with Gasteiger partial charge in [0.15, 0.2) is 6.10 Å². The number of carbonyl (C=O) groups is 3. The van der Waals surface area contributed by atoms with Gasteiger partial charge in [-0.05, 0) is 128 Å². The van der Waals surface area contributed by atoms with Crippen molar-refractivity contribution in [2.75, 3.05) is 13.2 Å². The lowest BCUT2D eigenvalue weighted by molar-refractivity contribution is -0.167. The van der Waals surface area contributed by atoms with Crippen molar-refractivity contribution in [3.8, 4) is 0 Å². The van der Waals surface area contributed by atoms with Crippen molar-refractivity contribution in [3.05, 3.63) is 109 Å². The molecule has 0 bridgehead atoms. The van der Waals surface area contributed by atoms with Gasteiger partial charge in [0.05, 0.1) is 0 Å². The molecule has 74 heavy (non-hydrogen) atoms. The molecule has 0 aromatic heterocycles. The van der Waals surface area contributed by atoms with E-state index in [0.29, 0.717) is 19.3 Å². The van der Waals surface area contributed by atoms with Crippen LogP contribution in [0.4, 0.5) is 0 Å². The van der Waals surface area contributed by atoms with Gasteiger partial charge in [0.1, 0.15) is 13.2 Å². The van der Waals surface area contributed by atoms with Gasteiger partial charge >= 0.3 is 17.9 Å². The van der Waals surface area contributed by atoms with Gasteiger partial charge < -0.3 is 14.2 Å². The molecule has 0 aromatic rings. The molecule has 0 aromatic carbocycles. The van der Waals surface area contributed by atoms with Crippen LogP contribution in [0.2, 0.25) is 0 Å². The van der Waals surface area contributed by atoms with Crippen molar-refractivity contribution in [1.29, 1.82) is 0 Å². The first kappa shape index (κ1) is 70.1. The molecule has 0 heterocycles. The monoisotopic (exact) mass is 1030 g/mol. The number of carbonyl (C=O) groups excluding carboxylic acids is 3. The Bertz CT molecular complexity index is 1510. The topological polar surface area (TPSA) is 78.9 Å². The van der Waals surface area contributed by atoms with E-state index in [2.05, 4.69) is 130 Å². The van der Waals surface area contributed by atoms with Crippen LogP contribution in [0, 0.1) is 0 Å². The Labute approximate surface area is 457 Å². The number of allylic oxidation sites excluding steroid dienone is 18. The quantitative estimate of drug-likeness (QED) is 0.0261. The van der Waals surface area contributed by atoms with Gasteiger partial charge in [-0.25, -0.2) is 0 Å². The summed E-state index contributed by atoms with van der Waals surface area (Å²) in [6, 6.07) is 0. The number of hydrogen-bond acceptors (Lipinski definition) is 6. The van der Waals surface area contributed by atoms with Crippen LogP contribution in [-0.4, -0.2) is 37.2 Å². The normalized spacial score (nSPS) is 12.9. The molecule has 1 atom stereocenters.